The maximum atomic E-state index is 11.2. The molecule has 78 valence electrons. The van der Waals surface area contributed by atoms with E-state index in [9.17, 15) is 9.90 Å². The predicted molar refractivity (Wildman–Crippen MR) is 59.5 cm³/mol. The summed E-state index contributed by atoms with van der Waals surface area (Å²) in [7, 11) is 0. The van der Waals surface area contributed by atoms with E-state index in [1.54, 1.807) is 23.6 Å². The molecule has 0 spiro atoms. The molecule has 1 aromatic carbocycles. The van der Waals surface area contributed by atoms with Gasteiger partial charge in [-0.3, -0.25) is 4.79 Å². The number of carbonyl (C=O) groups is 1. The Kier molecular flexibility index (Phi) is 2.50. The molecule has 2 rings (SSSR count). The molecule has 1 heterocycles. The Balaban J connectivity index is 2.64. The van der Waals surface area contributed by atoms with E-state index in [1.807, 2.05) is 0 Å². The van der Waals surface area contributed by atoms with Crippen LogP contribution in [0, 0.1) is 0 Å². The minimum atomic E-state index is -1.74. The molecule has 5 heteroatoms. The summed E-state index contributed by atoms with van der Waals surface area (Å²) in [6.45, 7) is 0. The number of benzene rings is 1. The number of hydrogen-bond acceptors (Lipinski definition) is 3. The number of carbonyl (C=O) groups excluding carboxylic acids is 1. The van der Waals surface area contributed by atoms with Gasteiger partial charge in [-0.15, -0.1) is 0 Å². The highest BCUT2D eigenvalue weighted by atomic mass is 35.5. The first-order chi connectivity index (χ1) is 7.04. The summed E-state index contributed by atoms with van der Waals surface area (Å²) in [5, 5.41) is 12.2. The molecule has 0 aliphatic carbocycles. The summed E-state index contributed by atoms with van der Waals surface area (Å²) in [4.78, 5) is 12.0. The van der Waals surface area contributed by atoms with Crippen molar-refractivity contribution < 1.29 is 9.90 Å². The zero-order valence-electron chi connectivity index (χ0n) is 7.61. The molecule has 1 unspecified atom stereocenters. The number of hydrogen-bond donors (Lipinski definition) is 2. The van der Waals surface area contributed by atoms with Crippen molar-refractivity contribution in [3.8, 4) is 0 Å². The molecular formula is C10H8ClNO2S. The monoisotopic (exact) mass is 241 g/mol. The molecule has 0 radical (unpaired) electrons. The smallest absolute Gasteiger partial charge is 0.258 e. The maximum Gasteiger partial charge on any atom is 0.258 e. The zero-order valence-corrected chi connectivity index (χ0v) is 9.18. The molecule has 1 aromatic rings. The van der Waals surface area contributed by atoms with Crippen LogP contribution in [0.3, 0.4) is 0 Å². The highest BCUT2D eigenvalue weighted by Crippen LogP contribution is 2.39. The SMILES string of the molecule is NC(=O)C1(O)C=CSc2ccc(Cl)cc21. The third kappa shape index (κ3) is 1.65. The largest absolute Gasteiger partial charge is 0.372 e. The molecular weight excluding hydrogens is 234 g/mol. The molecule has 1 aliphatic rings. The van der Waals surface area contributed by atoms with Crippen LogP contribution in [0.15, 0.2) is 34.6 Å². The van der Waals surface area contributed by atoms with Crippen LogP contribution < -0.4 is 5.73 Å². The standard InChI is InChI=1S/C10H8ClNO2S/c11-6-1-2-8-7(5-6)10(14,9(12)13)3-4-15-8/h1-5,14H,(H2,12,13). The highest BCUT2D eigenvalue weighted by Gasteiger charge is 2.37. The predicted octanol–water partition coefficient (Wildman–Crippen LogP) is 1.63. The van der Waals surface area contributed by atoms with Crippen LogP contribution in [0.1, 0.15) is 5.56 Å². The number of primary amides is 1. The lowest BCUT2D eigenvalue weighted by atomic mass is 9.93. The Morgan fingerprint density at radius 3 is 2.93 bits per heavy atom. The van der Waals surface area contributed by atoms with Gasteiger partial charge in [-0.2, -0.15) is 0 Å². The van der Waals surface area contributed by atoms with E-state index in [4.69, 9.17) is 17.3 Å². The normalized spacial score (nSPS) is 23.6. The number of aliphatic hydroxyl groups is 1. The number of fused-ring (bicyclic) bond motifs is 1. The van der Waals surface area contributed by atoms with Gasteiger partial charge in [0.15, 0.2) is 5.60 Å². The average molecular weight is 242 g/mol. The van der Waals surface area contributed by atoms with E-state index in [1.165, 1.54) is 17.8 Å². The van der Waals surface area contributed by atoms with Gasteiger partial charge >= 0.3 is 0 Å². The second-order valence-corrected chi connectivity index (χ2v) is 4.58. The quantitative estimate of drug-likeness (QED) is 0.786. The third-order valence-electron chi connectivity index (χ3n) is 2.23. The Bertz CT molecular complexity index is 461. The van der Waals surface area contributed by atoms with Crippen molar-refractivity contribution in [3.63, 3.8) is 0 Å². The highest BCUT2D eigenvalue weighted by molar-refractivity contribution is 8.02. The van der Waals surface area contributed by atoms with E-state index in [0.717, 1.165) is 4.90 Å². The molecule has 15 heavy (non-hydrogen) atoms. The van der Waals surface area contributed by atoms with Crippen molar-refractivity contribution in [2.24, 2.45) is 5.73 Å². The van der Waals surface area contributed by atoms with Gasteiger partial charge in [-0.1, -0.05) is 23.4 Å². The average Bonchev–Trinajstić information content (AvgIpc) is 2.19. The van der Waals surface area contributed by atoms with Gasteiger partial charge < -0.3 is 10.8 Å². The van der Waals surface area contributed by atoms with Crippen molar-refractivity contribution in [3.05, 3.63) is 40.3 Å². The van der Waals surface area contributed by atoms with Gasteiger partial charge in [0, 0.05) is 15.5 Å². The Labute approximate surface area is 95.9 Å². The van der Waals surface area contributed by atoms with E-state index in [2.05, 4.69) is 0 Å². The van der Waals surface area contributed by atoms with E-state index < -0.39 is 11.5 Å². The van der Waals surface area contributed by atoms with Crippen LogP contribution in [0.4, 0.5) is 0 Å². The van der Waals surface area contributed by atoms with E-state index >= 15 is 0 Å². The molecule has 0 saturated heterocycles. The van der Waals surface area contributed by atoms with E-state index in [-0.39, 0.29) is 0 Å². The van der Waals surface area contributed by atoms with Crippen molar-refractivity contribution in [1.82, 2.24) is 0 Å². The lowest BCUT2D eigenvalue weighted by Gasteiger charge is -2.26. The minimum Gasteiger partial charge on any atom is -0.372 e. The lowest BCUT2D eigenvalue weighted by molar-refractivity contribution is -0.132. The molecule has 0 saturated carbocycles. The fraction of sp³-hybridized carbons (Fsp3) is 0.100. The molecule has 0 fully saturated rings. The van der Waals surface area contributed by atoms with E-state index in [0.29, 0.717) is 10.6 Å². The molecule has 1 aliphatic heterocycles. The Morgan fingerprint density at radius 2 is 2.27 bits per heavy atom. The number of rotatable bonds is 1. The molecule has 3 nitrogen and oxygen atoms in total. The van der Waals surface area contributed by atoms with Gasteiger partial charge in [0.2, 0.25) is 0 Å². The van der Waals surface area contributed by atoms with Gasteiger partial charge in [0.25, 0.3) is 5.91 Å². The number of halogens is 1. The Morgan fingerprint density at radius 1 is 1.53 bits per heavy atom. The zero-order chi connectivity index (χ0) is 11.1. The summed E-state index contributed by atoms with van der Waals surface area (Å²) < 4.78 is 0. The number of nitrogens with two attached hydrogens (primary N) is 1. The summed E-state index contributed by atoms with van der Waals surface area (Å²) in [5.41, 5.74) is 3.87. The van der Waals surface area contributed by atoms with Gasteiger partial charge in [0.05, 0.1) is 0 Å². The third-order valence-corrected chi connectivity index (χ3v) is 3.35. The summed E-state index contributed by atoms with van der Waals surface area (Å²) in [5.74, 6) is -0.803. The van der Waals surface area contributed by atoms with Crippen LogP contribution >= 0.6 is 23.4 Å². The topological polar surface area (TPSA) is 63.3 Å². The van der Waals surface area contributed by atoms with Crippen molar-refractivity contribution in [2.75, 3.05) is 0 Å². The lowest BCUT2D eigenvalue weighted by Crippen LogP contribution is -2.40. The summed E-state index contributed by atoms with van der Waals surface area (Å²) in [6.07, 6.45) is 1.37. The Hall–Kier alpha value is -0.970. The number of thioether (sulfide) groups is 1. The fourth-order valence-electron chi connectivity index (χ4n) is 1.41. The first kappa shape index (κ1) is 10.5. The second-order valence-electron chi connectivity index (χ2n) is 3.19. The van der Waals surface area contributed by atoms with Gasteiger partial charge in [-0.05, 0) is 29.7 Å². The van der Waals surface area contributed by atoms with Crippen molar-refractivity contribution >= 4 is 29.3 Å². The van der Waals surface area contributed by atoms with Crippen LogP contribution in [-0.2, 0) is 10.4 Å². The molecule has 3 N–H and O–H groups in total. The molecule has 0 bridgehead atoms. The fourth-order valence-corrected chi connectivity index (χ4v) is 2.49. The van der Waals surface area contributed by atoms with Crippen LogP contribution in [0.5, 0.6) is 0 Å². The first-order valence-electron chi connectivity index (χ1n) is 4.21. The first-order valence-corrected chi connectivity index (χ1v) is 5.46. The number of amides is 1. The summed E-state index contributed by atoms with van der Waals surface area (Å²) >= 11 is 7.22. The molecule has 1 atom stereocenters. The molecule has 1 amide bonds. The molecule has 0 aromatic heterocycles. The minimum absolute atomic E-state index is 0.440. The van der Waals surface area contributed by atoms with Crippen LogP contribution in [0.25, 0.3) is 0 Å². The maximum absolute atomic E-state index is 11.2. The van der Waals surface area contributed by atoms with Crippen molar-refractivity contribution in [2.45, 2.75) is 10.5 Å². The second kappa shape index (κ2) is 3.56. The van der Waals surface area contributed by atoms with Crippen molar-refractivity contribution in [1.29, 1.82) is 0 Å². The van der Waals surface area contributed by atoms with Crippen LogP contribution in [0.2, 0.25) is 5.02 Å². The van der Waals surface area contributed by atoms with Gasteiger partial charge in [-0.25, -0.2) is 0 Å². The summed E-state index contributed by atoms with van der Waals surface area (Å²) in [6, 6.07) is 5.01. The van der Waals surface area contributed by atoms with Gasteiger partial charge in [0.1, 0.15) is 0 Å². The van der Waals surface area contributed by atoms with Crippen LogP contribution in [-0.4, -0.2) is 11.0 Å².